The fourth-order valence-corrected chi connectivity index (χ4v) is 5.45. The number of aliphatic carboxylic acids is 1. The number of halogens is 5. The molecule has 9 heteroatoms. The van der Waals surface area contributed by atoms with Gasteiger partial charge in [-0.15, -0.1) is 0 Å². The van der Waals surface area contributed by atoms with Crippen LogP contribution in [0.15, 0.2) is 89.5 Å². The number of carboxylic acid groups (broad SMARTS) is 1. The summed E-state index contributed by atoms with van der Waals surface area (Å²) in [6.45, 7) is 1.59. The van der Waals surface area contributed by atoms with Gasteiger partial charge in [-0.2, -0.15) is 13.2 Å². The first-order chi connectivity index (χ1) is 18.5. The molecule has 3 atom stereocenters. The lowest BCUT2D eigenvalue weighted by atomic mass is 9.82. The van der Waals surface area contributed by atoms with Gasteiger partial charge in [0.1, 0.15) is 23.5 Å². The summed E-state index contributed by atoms with van der Waals surface area (Å²) in [5, 5.41) is 9.79. The molecule has 3 unspecified atom stereocenters. The molecule has 2 aromatic carbocycles. The molecule has 0 aromatic heterocycles. The zero-order valence-electron chi connectivity index (χ0n) is 20.9. The molecule has 2 aromatic rings. The minimum absolute atomic E-state index is 0.0468. The number of carboxylic acids is 1. The number of para-hydroxylation sites is 1. The number of amidine groups is 1. The normalized spacial score (nSPS) is 24.6. The Morgan fingerprint density at radius 3 is 2.49 bits per heavy atom. The topological polar surface area (TPSA) is 52.9 Å². The predicted molar refractivity (Wildman–Crippen MR) is 139 cm³/mol. The zero-order chi connectivity index (χ0) is 27.9. The molecule has 39 heavy (non-hydrogen) atoms. The van der Waals surface area contributed by atoms with E-state index in [1.807, 2.05) is 6.08 Å². The van der Waals surface area contributed by atoms with Gasteiger partial charge in [-0.1, -0.05) is 72.9 Å². The molecule has 0 fully saturated rings. The number of fused-ring (bicyclic) bond motifs is 1. The maximum atomic E-state index is 15.0. The molecule has 202 valence electrons. The number of aliphatic imine (C=N–C) groups is 1. The molecule has 1 heterocycles. The Labute approximate surface area is 222 Å². The Bertz CT molecular complexity index is 1450. The highest BCUT2D eigenvalue weighted by atomic mass is 19.4. The predicted octanol–water partition coefficient (Wildman–Crippen LogP) is 7.62. The molecular weight excluding hydrogens is 515 g/mol. The van der Waals surface area contributed by atoms with E-state index in [2.05, 4.69) is 4.99 Å². The van der Waals surface area contributed by atoms with E-state index >= 15 is 4.39 Å². The second-order valence-corrected chi connectivity index (χ2v) is 10.1. The van der Waals surface area contributed by atoms with Crippen LogP contribution in [0.25, 0.3) is 5.57 Å². The molecule has 0 bridgehead atoms. The molecule has 0 saturated heterocycles. The molecule has 0 spiro atoms. The van der Waals surface area contributed by atoms with Gasteiger partial charge in [0, 0.05) is 29.5 Å². The molecule has 2 aliphatic carbocycles. The molecule has 0 saturated carbocycles. The van der Waals surface area contributed by atoms with E-state index in [1.165, 1.54) is 24.3 Å². The number of benzene rings is 2. The van der Waals surface area contributed by atoms with Gasteiger partial charge in [0.05, 0.1) is 18.0 Å². The Kier molecular flexibility index (Phi) is 6.78. The second kappa shape index (κ2) is 9.94. The Morgan fingerprint density at radius 1 is 1.10 bits per heavy atom. The highest BCUT2D eigenvalue weighted by Gasteiger charge is 2.47. The number of hydrogen-bond acceptors (Lipinski definition) is 3. The van der Waals surface area contributed by atoms with Gasteiger partial charge in [-0.05, 0) is 24.1 Å². The molecule has 1 N–H and O–H groups in total. The Balaban J connectivity index is 1.65. The number of allylic oxidation sites excluding steroid dienone is 6. The monoisotopic (exact) mass is 540 g/mol. The van der Waals surface area contributed by atoms with Gasteiger partial charge in [0.15, 0.2) is 0 Å². The van der Waals surface area contributed by atoms with Crippen molar-refractivity contribution in [1.29, 1.82) is 0 Å². The molecule has 3 aliphatic rings. The van der Waals surface area contributed by atoms with Crippen LogP contribution in [0.4, 0.5) is 27.6 Å². The summed E-state index contributed by atoms with van der Waals surface area (Å²) >= 11 is 0. The van der Waals surface area contributed by atoms with Crippen molar-refractivity contribution in [2.24, 2.45) is 4.99 Å². The maximum Gasteiger partial charge on any atom is 0.412 e. The fraction of sp³-hybridized carbons (Fsp3) is 0.267. The summed E-state index contributed by atoms with van der Waals surface area (Å²) in [7, 11) is 0. The SMILES string of the molecule is CC1(N2C(c3ccc(C4=CC=CC(F)C4)cc3)=Nc3c(F)cccc3C2CC(=O)O)C=CC=C(C(F)(F)F)C1. The highest BCUT2D eigenvalue weighted by molar-refractivity contribution is 6.03. The third-order valence-electron chi connectivity index (χ3n) is 7.26. The van der Waals surface area contributed by atoms with Crippen LogP contribution in [0.1, 0.15) is 48.9 Å². The van der Waals surface area contributed by atoms with Gasteiger partial charge in [-0.25, -0.2) is 13.8 Å². The van der Waals surface area contributed by atoms with Crippen molar-refractivity contribution in [1.82, 2.24) is 4.90 Å². The third-order valence-corrected chi connectivity index (χ3v) is 7.26. The largest absolute Gasteiger partial charge is 0.481 e. The summed E-state index contributed by atoms with van der Waals surface area (Å²) in [6, 6.07) is 10.1. The van der Waals surface area contributed by atoms with Crippen molar-refractivity contribution in [3.63, 3.8) is 0 Å². The van der Waals surface area contributed by atoms with Crippen LogP contribution >= 0.6 is 0 Å². The quantitative estimate of drug-likeness (QED) is 0.397. The van der Waals surface area contributed by atoms with Crippen molar-refractivity contribution >= 4 is 23.1 Å². The van der Waals surface area contributed by atoms with Crippen LogP contribution in [0.5, 0.6) is 0 Å². The number of hydrogen-bond donors (Lipinski definition) is 1. The maximum absolute atomic E-state index is 15.0. The first kappa shape index (κ1) is 26.6. The lowest BCUT2D eigenvalue weighted by molar-refractivity contribution is -0.138. The third kappa shape index (κ3) is 5.17. The molecule has 0 radical (unpaired) electrons. The Morgan fingerprint density at radius 2 is 1.82 bits per heavy atom. The van der Waals surface area contributed by atoms with Crippen molar-refractivity contribution in [2.45, 2.75) is 50.1 Å². The first-order valence-corrected chi connectivity index (χ1v) is 12.4. The van der Waals surface area contributed by atoms with Crippen molar-refractivity contribution in [2.75, 3.05) is 0 Å². The van der Waals surface area contributed by atoms with Gasteiger partial charge >= 0.3 is 12.1 Å². The summed E-state index contributed by atoms with van der Waals surface area (Å²) in [4.78, 5) is 18.1. The summed E-state index contributed by atoms with van der Waals surface area (Å²) < 4.78 is 70.3. The minimum atomic E-state index is -4.58. The second-order valence-electron chi connectivity index (χ2n) is 10.1. The van der Waals surface area contributed by atoms with Crippen LogP contribution < -0.4 is 0 Å². The van der Waals surface area contributed by atoms with Crippen LogP contribution in [0, 0.1) is 5.82 Å². The van der Waals surface area contributed by atoms with E-state index in [1.54, 1.807) is 54.3 Å². The van der Waals surface area contributed by atoms with E-state index in [9.17, 15) is 27.5 Å². The van der Waals surface area contributed by atoms with Crippen LogP contribution in [-0.4, -0.2) is 39.7 Å². The van der Waals surface area contributed by atoms with Crippen molar-refractivity contribution in [3.05, 3.63) is 107 Å². The van der Waals surface area contributed by atoms with Gasteiger partial charge in [0.2, 0.25) is 0 Å². The van der Waals surface area contributed by atoms with E-state index in [4.69, 9.17) is 0 Å². The number of carbonyl (C=O) groups is 1. The van der Waals surface area contributed by atoms with Crippen LogP contribution in [0.2, 0.25) is 0 Å². The van der Waals surface area contributed by atoms with E-state index < -0.39 is 54.1 Å². The van der Waals surface area contributed by atoms with Gasteiger partial charge in [0.25, 0.3) is 0 Å². The Hall–Kier alpha value is -4.01. The zero-order valence-corrected chi connectivity index (χ0v) is 20.9. The molecule has 4 nitrogen and oxygen atoms in total. The molecule has 5 rings (SSSR count). The number of rotatable bonds is 5. The van der Waals surface area contributed by atoms with Crippen molar-refractivity contribution in [3.8, 4) is 0 Å². The van der Waals surface area contributed by atoms with E-state index in [0.29, 0.717) is 5.56 Å². The fourth-order valence-electron chi connectivity index (χ4n) is 5.45. The van der Waals surface area contributed by atoms with Gasteiger partial charge < -0.3 is 10.0 Å². The lowest BCUT2D eigenvalue weighted by Gasteiger charge is -2.49. The highest BCUT2D eigenvalue weighted by Crippen LogP contribution is 2.47. The van der Waals surface area contributed by atoms with Crippen molar-refractivity contribution < 1.29 is 31.9 Å². The molecule has 1 aliphatic heterocycles. The average Bonchev–Trinajstić information content (AvgIpc) is 2.88. The average molecular weight is 541 g/mol. The molecular formula is C30H25F5N2O2. The number of alkyl halides is 4. The standard InChI is InChI=1S/C30H25F5N2O2/c1-29(14-4-6-21(17-29)30(33,34)35)37-25(16-26(38)39)23-8-3-9-24(32)27(23)36-28(37)19-12-10-18(11-13-19)20-5-2-7-22(31)15-20/h2-14,22,25H,15-17H2,1H3,(H,38,39). The van der Waals surface area contributed by atoms with Crippen LogP contribution in [-0.2, 0) is 4.79 Å². The lowest BCUT2D eigenvalue weighted by Crippen LogP contribution is -2.53. The summed E-state index contributed by atoms with van der Waals surface area (Å²) in [5.41, 5.74) is 0.135. The van der Waals surface area contributed by atoms with E-state index in [0.717, 1.165) is 17.2 Å². The summed E-state index contributed by atoms with van der Waals surface area (Å²) in [6.07, 6.45) is 2.39. The van der Waals surface area contributed by atoms with Crippen LogP contribution in [0.3, 0.4) is 0 Å². The summed E-state index contributed by atoms with van der Waals surface area (Å²) in [5.74, 6) is -1.70. The van der Waals surface area contributed by atoms with E-state index in [-0.39, 0.29) is 23.5 Å². The van der Waals surface area contributed by atoms with Gasteiger partial charge in [-0.3, -0.25) is 4.79 Å². The number of nitrogens with zero attached hydrogens (tertiary/aromatic N) is 2. The first-order valence-electron chi connectivity index (χ1n) is 12.4. The smallest absolute Gasteiger partial charge is 0.412 e. The minimum Gasteiger partial charge on any atom is -0.481 e. The molecule has 0 amide bonds.